The summed E-state index contributed by atoms with van der Waals surface area (Å²) in [5.41, 5.74) is 0.293. The third-order valence-electron chi connectivity index (χ3n) is 2.68. The fraction of sp³-hybridized carbons (Fsp3) is 0.455. The minimum absolute atomic E-state index is 0. The predicted molar refractivity (Wildman–Crippen MR) is 67.7 cm³/mol. The number of nitrogens with one attached hydrogen (secondary N) is 3. The van der Waals surface area contributed by atoms with Crippen molar-refractivity contribution in [2.75, 3.05) is 13.1 Å². The van der Waals surface area contributed by atoms with Crippen LogP contribution in [0.15, 0.2) is 23.1 Å². The molecule has 17 heavy (non-hydrogen) atoms. The molecule has 0 spiro atoms. The van der Waals surface area contributed by atoms with Crippen LogP contribution in [0.3, 0.4) is 0 Å². The maximum absolute atomic E-state index is 11.8. The maximum atomic E-state index is 11.8. The number of carbonyl (C=O) groups is 1. The number of hydrogen-bond acceptors (Lipinski definition) is 3. The van der Waals surface area contributed by atoms with Gasteiger partial charge in [-0.15, -0.1) is 12.4 Å². The molecule has 1 aliphatic heterocycles. The molecule has 1 aliphatic rings. The third-order valence-corrected chi connectivity index (χ3v) is 2.68. The molecule has 1 aromatic heterocycles. The molecule has 0 aromatic carbocycles. The van der Waals surface area contributed by atoms with Crippen LogP contribution in [0, 0.1) is 0 Å². The molecule has 94 valence electrons. The van der Waals surface area contributed by atoms with Crippen LogP contribution in [-0.4, -0.2) is 30.0 Å². The molecule has 5 nitrogen and oxygen atoms in total. The van der Waals surface area contributed by atoms with Gasteiger partial charge in [0.15, 0.2) is 0 Å². The predicted octanol–water partition coefficient (Wildman–Crippen LogP) is 0.279. The number of piperidine rings is 1. The van der Waals surface area contributed by atoms with Crippen molar-refractivity contribution in [3.8, 4) is 0 Å². The number of pyridine rings is 1. The van der Waals surface area contributed by atoms with Gasteiger partial charge >= 0.3 is 0 Å². The molecule has 0 unspecified atom stereocenters. The van der Waals surface area contributed by atoms with Crippen LogP contribution in [0.1, 0.15) is 23.2 Å². The van der Waals surface area contributed by atoms with Gasteiger partial charge in [0.1, 0.15) is 0 Å². The summed E-state index contributed by atoms with van der Waals surface area (Å²) in [5.74, 6) is -0.134. The molecular weight excluding hydrogens is 242 g/mol. The number of hydrogen-bond donors (Lipinski definition) is 3. The van der Waals surface area contributed by atoms with E-state index in [1.54, 1.807) is 0 Å². The van der Waals surface area contributed by atoms with Gasteiger partial charge in [-0.1, -0.05) is 0 Å². The lowest BCUT2D eigenvalue weighted by molar-refractivity contribution is 0.0930. The van der Waals surface area contributed by atoms with Crippen LogP contribution in [0.5, 0.6) is 0 Å². The van der Waals surface area contributed by atoms with Crippen molar-refractivity contribution in [2.45, 2.75) is 18.9 Å². The molecule has 2 heterocycles. The Labute approximate surface area is 105 Å². The SMILES string of the molecule is Cl.O=C(N[C@H]1CCCNC1)c1ccc(=O)[nH]c1. The summed E-state index contributed by atoms with van der Waals surface area (Å²) >= 11 is 0. The van der Waals surface area contributed by atoms with E-state index in [-0.39, 0.29) is 29.9 Å². The van der Waals surface area contributed by atoms with Crippen molar-refractivity contribution >= 4 is 18.3 Å². The topological polar surface area (TPSA) is 74.0 Å². The molecule has 0 bridgehead atoms. The lowest BCUT2D eigenvalue weighted by atomic mass is 10.1. The van der Waals surface area contributed by atoms with E-state index in [0.29, 0.717) is 5.56 Å². The number of halogens is 1. The van der Waals surface area contributed by atoms with Gasteiger partial charge in [-0.3, -0.25) is 9.59 Å². The summed E-state index contributed by atoms with van der Waals surface area (Å²) in [6.45, 7) is 1.83. The largest absolute Gasteiger partial charge is 0.348 e. The first-order valence-corrected chi connectivity index (χ1v) is 5.46. The molecule has 1 fully saturated rings. The Morgan fingerprint density at radius 3 is 2.82 bits per heavy atom. The van der Waals surface area contributed by atoms with Crippen LogP contribution in [0.4, 0.5) is 0 Å². The molecular formula is C11H16ClN3O2. The van der Waals surface area contributed by atoms with E-state index in [1.165, 1.54) is 18.3 Å². The lowest BCUT2D eigenvalue weighted by Crippen LogP contribution is -2.45. The molecule has 6 heteroatoms. The highest BCUT2D eigenvalue weighted by molar-refractivity contribution is 5.94. The van der Waals surface area contributed by atoms with E-state index in [2.05, 4.69) is 15.6 Å². The summed E-state index contributed by atoms with van der Waals surface area (Å²) in [6, 6.07) is 3.08. The van der Waals surface area contributed by atoms with Crippen molar-refractivity contribution in [3.63, 3.8) is 0 Å². The number of H-pyrrole nitrogens is 1. The van der Waals surface area contributed by atoms with E-state index in [0.717, 1.165) is 25.9 Å². The Bertz CT molecular complexity index is 406. The van der Waals surface area contributed by atoms with Gasteiger partial charge in [0, 0.05) is 24.8 Å². The smallest absolute Gasteiger partial charge is 0.253 e. The van der Waals surface area contributed by atoms with Crippen molar-refractivity contribution in [1.29, 1.82) is 0 Å². The van der Waals surface area contributed by atoms with Crippen LogP contribution in [-0.2, 0) is 0 Å². The number of amides is 1. The van der Waals surface area contributed by atoms with Gasteiger partial charge in [-0.05, 0) is 25.5 Å². The van der Waals surface area contributed by atoms with E-state index in [9.17, 15) is 9.59 Å². The summed E-state index contributed by atoms with van der Waals surface area (Å²) in [4.78, 5) is 25.1. The van der Waals surface area contributed by atoms with Gasteiger partial charge < -0.3 is 15.6 Å². The fourth-order valence-corrected chi connectivity index (χ4v) is 1.80. The first-order valence-electron chi connectivity index (χ1n) is 5.46. The minimum Gasteiger partial charge on any atom is -0.348 e. The van der Waals surface area contributed by atoms with Gasteiger partial charge in [0.25, 0.3) is 5.91 Å². The monoisotopic (exact) mass is 257 g/mol. The molecule has 1 aromatic rings. The van der Waals surface area contributed by atoms with Crippen molar-refractivity contribution in [2.24, 2.45) is 0 Å². The number of rotatable bonds is 2. The summed E-state index contributed by atoms with van der Waals surface area (Å²) in [6.07, 6.45) is 3.52. The minimum atomic E-state index is -0.198. The van der Waals surface area contributed by atoms with Gasteiger partial charge in [0.05, 0.1) is 5.56 Å². The van der Waals surface area contributed by atoms with E-state index in [1.807, 2.05) is 0 Å². The first-order chi connectivity index (χ1) is 7.75. The molecule has 3 N–H and O–H groups in total. The van der Waals surface area contributed by atoms with Crippen molar-refractivity contribution in [3.05, 3.63) is 34.2 Å². The Balaban J connectivity index is 0.00000144. The second kappa shape index (κ2) is 6.42. The summed E-state index contributed by atoms with van der Waals surface area (Å²) < 4.78 is 0. The van der Waals surface area contributed by atoms with E-state index in [4.69, 9.17) is 0 Å². The average molecular weight is 258 g/mol. The zero-order valence-electron chi connectivity index (χ0n) is 9.36. The lowest BCUT2D eigenvalue weighted by Gasteiger charge is -2.23. The quantitative estimate of drug-likeness (QED) is 0.713. The fourth-order valence-electron chi connectivity index (χ4n) is 1.80. The second-order valence-electron chi connectivity index (χ2n) is 3.96. The van der Waals surface area contributed by atoms with Crippen molar-refractivity contribution < 1.29 is 4.79 Å². The number of aromatic nitrogens is 1. The molecule has 0 aliphatic carbocycles. The Morgan fingerprint density at radius 1 is 1.41 bits per heavy atom. The molecule has 1 atom stereocenters. The van der Waals surface area contributed by atoms with Crippen LogP contribution >= 0.6 is 12.4 Å². The number of carbonyl (C=O) groups excluding carboxylic acids is 1. The highest BCUT2D eigenvalue weighted by atomic mass is 35.5. The zero-order chi connectivity index (χ0) is 11.4. The molecule has 2 rings (SSSR count). The Hall–Kier alpha value is -1.33. The molecule has 1 amide bonds. The van der Waals surface area contributed by atoms with Gasteiger partial charge in [0.2, 0.25) is 5.56 Å². The number of aromatic amines is 1. The van der Waals surface area contributed by atoms with Crippen molar-refractivity contribution in [1.82, 2.24) is 15.6 Å². The molecule has 1 saturated heterocycles. The average Bonchev–Trinajstić information content (AvgIpc) is 2.31. The van der Waals surface area contributed by atoms with Crippen LogP contribution in [0.25, 0.3) is 0 Å². The Kier molecular flexibility index (Phi) is 5.18. The molecule has 0 saturated carbocycles. The van der Waals surface area contributed by atoms with E-state index >= 15 is 0 Å². The van der Waals surface area contributed by atoms with Crippen LogP contribution in [0.2, 0.25) is 0 Å². The maximum Gasteiger partial charge on any atom is 0.253 e. The first kappa shape index (κ1) is 13.7. The zero-order valence-corrected chi connectivity index (χ0v) is 10.2. The normalized spacial score (nSPS) is 19.2. The third kappa shape index (κ3) is 3.87. The Morgan fingerprint density at radius 2 is 2.24 bits per heavy atom. The highest BCUT2D eigenvalue weighted by Gasteiger charge is 2.15. The van der Waals surface area contributed by atoms with E-state index < -0.39 is 0 Å². The van der Waals surface area contributed by atoms with Crippen LogP contribution < -0.4 is 16.2 Å². The summed E-state index contributed by atoms with van der Waals surface area (Å²) in [5, 5.41) is 6.16. The standard InChI is InChI=1S/C11H15N3O2.ClH/c15-10-4-3-8(6-13-10)11(16)14-9-2-1-5-12-7-9;/h3-4,6,9,12H,1-2,5,7H2,(H,13,15)(H,14,16);1H/t9-;/m0./s1. The van der Waals surface area contributed by atoms with Gasteiger partial charge in [-0.2, -0.15) is 0 Å². The van der Waals surface area contributed by atoms with Gasteiger partial charge in [-0.25, -0.2) is 0 Å². The summed E-state index contributed by atoms with van der Waals surface area (Å²) in [7, 11) is 0. The molecule has 0 radical (unpaired) electrons. The second-order valence-corrected chi connectivity index (χ2v) is 3.96. The highest BCUT2D eigenvalue weighted by Crippen LogP contribution is 2.03.